The van der Waals surface area contributed by atoms with Crippen molar-refractivity contribution >= 4 is 16.9 Å². The zero-order chi connectivity index (χ0) is 19.7. The monoisotopic (exact) mass is 374 g/mol. The van der Waals surface area contributed by atoms with E-state index in [4.69, 9.17) is 9.15 Å². The van der Waals surface area contributed by atoms with Gasteiger partial charge in [-0.1, -0.05) is 12.1 Å². The van der Waals surface area contributed by atoms with Crippen molar-refractivity contribution in [1.82, 2.24) is 9.78 Å². The smallest absolute Gasteiger partial charge is 0.340 e. The molecule has 0 saturated carbocycles. The first-order valence-electron chi connectivity index (χ1n) is 8.83. The van der Waals surface area contributed by atoms with E-state index in [0.29, 0.717) is 22.4 Å². The number of carbonyl (C=O) groups is 1. The molecule has 28 heavy (non-hydrogen) atoms. The van der Waals surface area contributed by atoms with Gasteiger partial charge < -0.3 is 9.15 Å². The lowest BCUT2D eigenvalue weighted by Crippen LogP contribution is -2.11. The number of benzene rings is 2. The fourth-order valence-electron chi connectivity index (χ4n) is 3.08. The zero-order valence-corrected chi connectivity index (χ0v) is 15.5. The molecule has 0 aliphatic carbocycles. The number of esters is 1. The largest absolute Gasteiger partial charge is 0.457 e. The standard InChI is InChI=1S/C22H18N2O4/c1-14-10-18-16(12-21(25)28-20(18)11-15(14)2)13-27-22(26)17-6-3-4-7-19(17)24-9-5-8-23-24/h3-12H,13H2,1-2H3. The predicted molar refractivity (Wildman–Crippen MR) is 105 cm³/mol. The first-order valence-corrected chi connectivity index (χ1v) is 8.83. The van der Waals surface area contributed by atoms with Crippen molar-refractivity contribution in [2.24, 2.45) is 0 Å². The van der Waals surface area contributed by atoms with Crippen LogP contribution in [-0.2, 0) is 11.3 Å². The van der Waals surface area contributed by atoms with Gasteiger partial charge in [0.2, 0.25) is 0 Å². The summed E-state index contributed by atoms with van der Waals surface area (Å²) in [6.45, 7) is 3.90. The molecule has 2 aromatic carbocycles. The van der Waals surface area contributed by atoms with E-state index in [1.807, 2.05) is 32.0 Å². The number of hydrogen-bond acceptors (Lipinski definition) is 5. The van der Waals surface area contributed by atoms with Gasteiger partial charge in [-0.25, -0.2) is 14.3 Å². The predicted octanol–water partition coefficient (Wildman–Crippen LogP) is 3.95. The Labute approximate surface area is 161 Å². The van der Waals surface area contributed by atoms with E-state index in [1.54, 1.807) is 41.3 Å². The van der Waals surface area contributed by atoms with Crippen molar-refractivity contribution in [1.29, 1.82) is 0 Å². The van der Waals surface area contributed by atoms with Crippen LogP contribution in [0.1, 0.15) is 27.0 Å². The molecule has 0 N–H and O–H groups in total. The number of aromatic nitrogens is 2. The van der Waals surface area contributed by atoms with Gasteiger partial charge in [-0.3, -0.25) is 0 Å². The van der Waals surface area contributed by atoms with E-state index in [2.05, 4.69) is 5.10 Å². The fraction of sp³-hybridized carbons (Fsp3) is 0.136. The number of fused-ring (bicyclic) bond motifs is 1. The van der Waals surface area contributed by atoms with E-state index >= 15 is 0 Å². The zero-order valence-electron chi connectivity index (χ0n) is 15.5. The van der Waals surface area contributed by atoms with Crippen LogP contribution in [0.3, 0.4) is 0 Å². The van der Waals surface area contributed by atoms with Crippen molar-refractivity contribution in [2.75, 3.05) is 0 Å². The molecular formula is C22H18N2O4. The first kappa shape index (κ1) is 17.7. The third-order valence-electron chi connectivity index (χ3n) is 4.68. The van der Waals surface area contributed by atoms with Crippen molar-refractivity contribution in [2.45, 2.75) is 20.5 Å². The first-order chi connectivity index (χ1) is 13.5. The van der Waals surface area contributed by atoms with Gasteiger partial charge in [0.05, 0.1) is 11.3 Å². The van der Waals surface area contributed by atoms with Crippen molar-refractivity contribution in [3.05, 3.63) is 93.6 Å². The average Bonchev–Trinajstić information content (AvgIpc) is 3.22. The summed E-state index contributed by atoms with van der Waals surface area (Å²) in [5.74, 6) is -0.490. The average molecular weight is 374 g/mol. The second kappa shape index (κ2) is 7.15. The van der Waals surface area contributed by atoms with Crippen molar-refractivity contribution in [3.63, 3.8) is 0 Å². The van der Waals surface area contributed by atoms with Gasteiger partial charge in [0.25, 0.3) is 0 Å². The number of nitrogens with zero attached hydrogens (tertiary/aromatic N) is 2. The highest BCUT2D eigenvalue weighted by molar-refractivity contribution is 5.93. The number of ether oxygens (including phenoxy) is 1. The number of hydrogen-bond donors (Lipinski definition) is 0. The lowest BCUT2D eigenvalue weighted by molar-refractivity contribution is 0.0473. The van der Waals surface area contributed by atoms with Gasteiger partial charge >= 0.3 is 11.6 Å². The quantitative estimate of drug-likeness (QED) is 0.399. The fourth-order valence-corrected chi connectivity index (χ4v) is 3.08. The van der Waals surface area contributed by atoms with Crippen LogP contribution in [0.5, 0.6) is 0 Å². The van der Waals surface area contributed by atoms with Crippen LogP contribution in [0.4, 0.5) is 0 Å². The van der Waals surface area contributed by atoms with Gasteiger partial charge in [-0.2, -0.15) is 5.10 Å². The summed E-state index contributed by atoms with van der Waals surface area (Å²) >= 11 is 0. The Hall–Kier alpha value is -3.67. The topological polar surface area (TPSA) is 74.3 Å². The van der Waals surface area contributed by atoms with Crippen LogP contribution < -0.4 is 5.63 Å². The minimum atomic E-state index is -0.490. The highest BCUT2D eigenvalue weighted by Crippen LogP contribution is 2.23. The molecule has 140 valence electrons. The molecule has 0 bridgehead atoms. The van der Waals surface area contributed by atoms with Crippen LogP contribution >= 0.6 is 0 Å². The Bertz CT molecular complexity index is 1220. The van der Waals surface area contributed by atoms with E-state index < -0.39 is 11.6 Å². The third-order valence-corrected chi connectivity index (χ3v) is 4.68. The molecule has 4 aromatic rings. The molecule has 0 saturated heterocycles. The number of aryl methyl sites for hydroxylation is 2. The Morgan fingerprint density at radius 3 is 2.68 bits per heavy atom. The summed E-state index contributed by atoms with van der Waals surface area (Å²) in [7, 11) is 0. The Morgan fingerprint density at radius 1 is 1.11 bits per heavy atom. The van der Waals surface area contributed by atoms with E-state index in [1.165, 1.54) is 6.07 Å². The Morgan fingerprint density at radius 2 is 1.89 bits per heavy atom. The summed E-state index contributed by atoms with van der Waals surface area (Å²) in [4.78, 5) is 24.6. The van der Waals surface area contributed by atoms with Crippen LogP contribution in [0, 0.1) is 13.8 Å². The lowest BCUT2D eigenvalue weighted by Gasteiger charge is -2.11. The molecule has 0 amide bonds. The number of para-hydroxylation sites is 1. The second-order valence-electron chi connectivity index (χ2n) is 6.57. The van der Waals surface area contributed by atoms with Gasteiger partial charge in [-0.15, -0.1) is 0 Å². The maximum atomic E-state index is 12.7. The molecule has 2 aromatic heterocycles. The van der Waals surface area contributed by atoms with Gasteiger partial charge in [0.15, 0.2) is 0 Å². The summed E-state index contributed by atoms with van der Waals surface area (Å²) in [5, 5.41) is 4.93. The minimum absolute atomic E-state index is 0.0309. The van der Waals surface area contributed by atoms with Gasteiger partial charge in [0.1, 0.15) is 12.2 Å². The van der Waals surface area contributed by atoms with Crippen molar-refractivity contribution in [3.8, 4) is 5.69 Å². The Balaban J connectivity index is 1.65. The molecule has 0 unspecified atom stereocenters. The molecule has 6 nitrogen and oxygen atoms in total. The molecule has 0 fully saturated rings. The van der Waals surface area contributed by atoms with E-state index in [0.717, 1.165) is 16.5 Å². The molecule has 2 heterocycles. The molecule has 0 aliphatic heterocycles. The van der Waals surface area contributed by atoms with Crippen LogP contribution in [0.15, 0.2) is 70.1 Å². The summed E-state index contributed by atoms with van der Waals surface area (Å²) in [6.07, 6.45) is 3.40. The number of rotatable bonds is 4. The number of carbonyl (C=O) groups excluding carboxylic acids is 1. The van der Waals surface area contributed by atoms with Crippen LogP contribution in [0.25, 0.3) is 16.7 Å². The maximum Gasteiger partial charge on any atom is 0.340 e. The Kier molecular flexibility index (Phi) is 4.53. The van der Waals surface area contributed by atoms with Gasteiger partial charge in [0, 0.05) is 29.4 Å². The highest BCUT2D eigenvalue weighted by atomic mass is 16.5. The molecule has 0 atom stereocenters. The van der Waals surface area contributed by atoms with E-state index in [-0.39, 0.29) is 6.61 Å². The SMILES string of the molecule is Cc1cc2oc(=O)cc(COC(=O)c3ccccc3-n3cccn3)c2cc1C. The summed E-state index contributed by atoms with van der Waals surface area (Å²) in [5.41, 5.74) is 3.74. The molecule has 0 spiro atoms. The normalized spacial score (nSPS) is 10.9. The molecule has 4 rings (SSSR count). The molecule has 0 aliphatic rings. The van der Waals surface area contributed by atoms with E-state index in [9.17, 15) is 9.59 Å². The molecule has 0 radical (unpaired) electrons. The minimum Gasteiger partial charge on any atom is -0.457 e. The summed E-state index contributed by atoms with van der Waals surface area (Å²) < 4.78 is 12.4. The van der Waals surface area contributed by atoms with Crippen LogP contribution in [0.2, 0.25) is 0 Å². The lowest BCUT2D eigenvalue weighted by atomic mass is 10.0. The molecule has 6 heteroatoms. The van der Waals surface area contributed by atoms with Crippen LogP contribution in [-0.4, -0.2) is 15.7 Å². The molecular weight excluding hydrogens is 356 g/mol. The maximum absolute atomic E-state index is 12.7. The second-order valence-corrected chi connectivity index (χ2v) is 6.57. The van der Waals surface area contributed by atoms with Crippen molar-refractivity contribution < 1.29 is 13.9 Å². The summed E-state index contributed by atoms with van der Waals surface area (Å²) in [6, 6.07) is 14.0. The highest BCUT2D eigenvalue weighted by Gasteiger charge is 2.16. The third kappa shape index (κ3) is 3.32. The van der Waals surface area contributed by atoms with Gasteiger partial charge in [-0.05, 0) is 55.3 Å².